The van der Waals surface area contributed by atoms with Gasteiger partial charge in [0.2, 0.25) is 0 Å². The van der Waals surface area contributed by atoms with Gasteiger partial charge in [0.1, 0.15) is 0 Å². The maximum absolute atomic E-state index is 8.00. The third kappa shape index (κ3) is 2.23. The summed E-state index contributed by atoms with van der Waals surface area (Å²) in [6.45, 7) is 5.56. The fourth-order valence-corrected chi connectivity index (χ4v) is 1.06. The number of allylic oxidation sites excluding steroid dienone is 1. The van der Waals surface area contributed by atoms with Crippen LogP contribution in [0.2, 0.25) is 0 Å². The van der Waals surface area contributed by atoms with Crippen molar-refractivity contribution in [2.24, 2.45) is 0 Å². The highest BCUT2D eigenvalue weighted by molar-refractivity contribution is 5.19. The van der Waals surface area contributed by atoms with E-state index < -0.39 is 5.89 Å². The standard InChI is InChI=1S/C11H14/c1-3-7-10(2)11-8-5-4-6-9-11/h3-6,8-10H,1,7H2,2H3/t10-/m0/s1/i10D. The van der Waals surface area contributed by atoms with Gasteiger partial charge in [-0.15, -0.1) is 6.58 Å². The average molecular weight is 147 g/mol. The highest BCUT2D eigenvalue weighted by atomic mass is 14.0. The largest absolute Gasteiger partial charge is 0.103 e. The van der Waals surface area contributed by atoms with Gasteiger partial charge in [-0.2, -0.15) is 0 Å². The van der Waals surface area contributed by atoms with Crippen molar-refractivity contribution >= 4 is 0 Å². The van der Waals surface area contributed by atoms with Crippen molar-refractivity contribution < 1.29 is 1.37 Å². The molecule has 0 spiro atoms. The SMILES string of the molecule is [2H][C@](C)(CC=C)c1ccccc1. The minimum atomic E-state index is -0.525. The molecule has 0 heterocycles. The first-order valence-electron chi connectivity index (χ1n) is 4.33. The summed E-state index contributed by atoms with van der Waals surface area (Å²) >= 11 is 0. The van der Waals surface area contributed by atoms with Gasteiger partial charge < -0.3 is 0 Å². The summed E-state index contributed by atoms with van der Waals surface area (Å²) in [5.41, 5.74) is 1.05. The van der Waals surface area contributed by atoms with E-state index in [1.807, 2.05) is 37.3 Å². The van der Waals surface area contributed by atoms with Gasteiger partial charge in [-0.25, -0.2) is 0 Å². The first kappa shape index (κ1) is 6.66. The summed E-state index contributed by atoms with van der Waals surface area (Å²) in [5.74, 6) is -0.525. The maximum atomic E-state index is 8.00. The van der Waals surface area contributed by atoms with Crippen LogP contribution in [-0.4, -0.2) is 0 Å². The smallest absolute Gasteiger partial charge is 0.0353 e. The van der Waals surface area contributed by atoms with E-state index in [0.29, 0.717) is 6.42 Å². The van der Waals surface area contributed by atoms with Crippen LogP contribution < -0.4 is 0 Å². The van der Waals surface area contributed by atoms with Crippen LogP contribution in [0.25, 0.3) is 0 Å². The molecule has 0 aromatic heterocycles. The van der Waals surface area contributed by atoms with Crippen molar-refractivity contribution in [3.8, 4) is 0 Å². The van der Waals surface area contributed by atoms with Crippen molar-refractivity contribution in [2.75, 3.05) is 0 Å². The van der Waals surface area contributed by atoms with Crippen LogP contribution in [0.3, 0.4) is 0 Å². The third-order valence-electron chi connectivity index (χ3n) is 1.72. The van der Waals surface area contributed by atoms with Crippen molar-refractivity contribution in [1.82, 2.24) is 0 Å². The van der Waals surface area contributed by atoms with E-state index in [1.165, 1.54) is 0 Å². The normalized spacial score (nSPS) is 16.6. The summed E-state index contributed by atoms with van der Waals surface area (Å²) in [5, 5.41) is 0. The molecule has 11 heavy (non-hydrogen) atoms. The summed E-state index contributed by atoms with van der Waals surface area (Å²) in [7, 11) is 0. The molecule has 0 saturated carbocycles. The predicted molar refractivity (Wildman–Crippen MR) is 49.7 cm³/mol. The zero-order valence-electron chi connectivity index (χ0n) is 7.88. The third-order valence-corrected chi connectivity index (χ3v) is 1.72. The molecule has 0 amide bonds. The van der Waals surface area contributed by atoms with Crippen LogP contribution in [0.15, 0.2) is 43.0 Å². The molecule has 0 heteroatoms. The Kier molecular flexibility index (Phi) is 2.40. The van der Waals surface area contributed by atoms with Gasteiger partial charge in [-0.05, 0) is 17.9 Å². The number of hydrogen-bond donors (Lipinski definition) is 0. The Balaban J connectivity index is 2.89. The predicted octanol–water partition coefficient (Wildman–Crippen LogP) is 3.37. The Labute approximate surface area is 70.0 Å². The van der Waals surface area contributed by atoms with E-state index in [2.05, 4.69) is 6.58 Å². The Hall–Kier alpha value is -1.04. The second kappa shape index (κ2) is 3.97. The molecular weight excluding hydrogens is 132 g/mol. The molecule has 0 unspecified atom stereocenters. The highest BCUT2D eigenvalue weighted by Crippen LogP contribution is 2.17. The molecule has 58 valence electrons. The van der Waals surface area contributed by atoms with Gasteiger partial charge in [0.25, 0.3) is 0 Å². The fraction of sp³-hybridized carbons (Fsp3) is 0.273. The van der Waals surface area contributed by atoms with Crippen LogP contribution >= 0.6 is 0 Å². The van der Waals surface area contributed by atoms with Crippen LogP contribution in [0.1, 0.15) is 26.2 Å². The van der Waals surface area contributed by atoms with E-state index in [1.54, 1.807) is 6.08 Å². The Morgan fingerprint density at radius 2 is 2.18 bits per heavy atom. The van der Waals surface area contributed by atoms with Gasteiger partial charge in [-0.1, -0.05) is 43.3 Å². The zero-order chi connectivity index (χ0) is 9.03. The summed E-state index contributed by atoms with van der Waals surface area (Å²) in [4.78, 5) is 0. The highest BCUT2D eigenvalue weighted by Gasteiger charge is 2.00. The second-order valence-corrected chi connectivity index (χ2v) is 2.64. The van der Waals surface area contributed by atoms with Crippen LogP contribution in [0.4, 0.5) is 0 Å². The topological polar surface area (TPSA) is 0 Å². The van der Waals surface area contributed by atoms with Crippen molar-refractivity contribution in [2.45, 2.75) is 19.2 Å². The van der Waals surface area contributed by atoms with E-state index in [4.69, 9.17) is 1.37 Å². The average Bonchev–Trinajstić information content (AvgIpc) is 2.06. The molecule has 1 aromatic carbocycles. The van der Waals surface area contributed by atoms with Crippen molar-refractivity contribution in [3.63, 3.8) is 0 Å². The van der Waals surface area contributed by atoms with Gasteiger partial charge in [0.15, 0.2) is 0 Å². The molecule has 0 N–H and O–H groups in total. The molecule has 0 aliphatic carbocycles. The number of rotatable bonds is 3. The lowest BCUT2D eigenvalue weighted by molar-refractivity contribution is 0.782. The molecule has 0 saturated heterocycles. The fourth-order valence-electron chi connectivity index (χ4n) is 1.06. The van der Waals surface area contributed by atoms with E-state index in [9.17, 15) is 0 Å². The lowest BCUT2D eigenvalue weighted by Gasteiger charge is -2.07. The van der Waals surface area contributed by atoms with Gasteiger partial charge >= 0.3 is 0 Å². The summed E-state index contributed by atoms with van der Waals surface area (Å²) in [6, 6.07) is 9.86. The Bertz CT molecular complexity index is 249. The lowest BCUT2D eigenvalue weighted by atomic mass is 9.98. The zero-order valence-corrected chi connectivity index (χ0v) is 6.88. The van der Waals surface area contributed by atoms with Gasteiger partial charge in [0.05, 0.1) is 0 Å². The van der Waals surface area contributed by atoms with E-state index >= 15 is 0 Å². The number of benzene rings is 1. The number of hydrogen-bond acceptors (Lipinski definition) is 0. The minimum Gasteiger partial charge on any atom is -0.103 e. The Morgan fingerprint density at radius 1 is 1.55 bits per heavy atom. The monoisotopic (exact) mass is 147 g/mol. The van der Waals surface area contributed by atoms with E-state index in [-0.39, 0.29) is 0 Å². The molecule has 0 fully saturated rings. The summed E-state index contributed by atoms with van der Waals surface area (Å²) in [6.07, 6.45) is 2.48. The maximum Gasteiger partial charge on any atom is 0.0353 e. The van der Waals surface area contributed by atoms with Gasteiger partial charge in [-0.3, -0.25) is 0 Å². The molecule has 0 aliphatic rings. The van der Waals surface area contributed by atoms with E-state index in [0.717, 1.165) is 5.56 Å². The molecule has 0 bridgehead atoms. The van der Waals surface area contributed by atoms with Crippen LogP contribution in [0, 0.1) is 0 Å². The van der Waals surface area contributed by atoms with Crippen molar-refractivity contribution in [3.05, 3.63) is 48.6 Å². The molecule has 0 aliphatic heterocycles. The first-order chi connectivity index (χ1) is 5.67. The molecule has 1 aromatic rings. The van der Waals surface area contributed by atoms with Crippen LogP contribution in [0.5, 0.6) is 0 Å². The van der Waals surface area contributed by atoms with Crippen molar-refractivity contribution in [1.29, 1.82) is 0 Å². The quantitative estimate of drug-likeness (QED) is 0.575. The Morgan fingerprint density at radius 3 is 2.73 bits per heavy atom. The molecule has 0 radical (unpaired) electrons. The molecule has 1 atom stereocenters. The molecule has 0 nitrogen and oxygen atoms in total. The molecular formula is C11H14. The molecule has 1 rings (SSSR count). The van der Waals surface area contributed by atoms with Gasteiger partial charge in [0, 0.05) is 1.37 Å². The summed E-state index contributed by atoms with van der Waals surface area (Å²) < 4.78 is 8.00. The first-order valence-corrected chi connectivity index (χ1v) is 3.83. The van der Waals surface area contributed by atoms with Crippen LogP contribution in [-0.2, 0) is 0 Å². The second-order valence-electron chi connectivity index (χ2n) is 2.64. The minimum absolute atomic E-state index is 0.525. The lowest BCUT2D eigenvalue weighted by Crippen LogP contribution is -1.89.